The Morgan fingerprint density at radius 1 is 1.00 bits per heavy atom. The zero-order chi connectivity index (χ0) is 20.7. The zero-order valence-corrected chi connectivity index (χ0v) is 17.4. The van der Waals surface area contributed by atoms with E-state index in [0.29, 0.717) is 18.1 Å². The predicted molar refractivity (Wildman–Crippen MR) is 116 cm³/mol. The van der Waals surface area contributed by atoms with Crippen LogP contribution >= 0.6 is 0 Å². The number of carbonyl (C=O) groups excluding carboxylic acids is 1. The quantitative estimate of drug-likeness (QED) is 0.722. The van der Waals surface area contributed by atoms with Crippen LogP contribution in [0.4, 0.5) is 11.6 Å². The fourth-order valence-electron chi connectivity index (χ4n) is 4.61. The molecule has 7 nitrogen and oxygen atoms in total. The smallest absolute Gasteiger partial charge is 0.226 e. The van der Waals surface area contributed by atoms with Gasteiger partial charge in [0.2, 0.25) is 5.91 Å². The van der Waals surface area contributed by atoms with E-state index in [-0.39, 0.29) is 11.8 Å². The molecule has 2 aromatic heterocycles. The van der Waals surface area contributed by atoms with Crippen LogP contribution < -0.4 is 10.2 Å². The highest BCUT2D eigenvalue weighted by Crippen LogP contribution is 2.40. The Bertz CT molecular complexity index is 1080. The summed E-state index contributed by atoms with van der Waals surface area (Å²) in [5.74, 6) is 2.20. The standard InChI is InChI=1S/C23H26N6O/c1-15-7-6-8-17(13-15)18-14-21(30)24-23-22(18)16(2)27-29(23)20-10-9-19(25-26-20)28-11-4-3-5-12-28/h6-10,13,18H,3-5,11-12,14H2,1-2H3,(H,24,30)/t18-/m0/s1. The first-order chi connectivity index (χ1) is 14.6. The number of nitrogens with zero attached hydrogens (tertiary/aromatic N) is 5. The molecule has 0 unspecified atom stereocenters. The fraction of sp³-hybridized carbons (Fsp3) is 0.391. The number of hydrogen-bond donors (Lipinski definition) is 1. The molecule has 2 aliphatic heterocycles. The van der Waals surface area contributed by atoms with Crippen molar-refractivity contribution in [1.82, 2.24) is 20.0 Å². The van der Waals surface area contributed by atoms with Gasteiger partial charge in [0.1, 0.15) is 5.82 Å². The van der Waals surface area contributed by atoms with Crippen LogP contribution in [0, 0.1) is 13.8 Å². The Balaban J connectivity index is 1.52. The average Bonchev–Trinajstić information content (AvgIpc) is 3.10. The minimum absolute atomic E-state index is 0.00643. The molecule has 5 rings (SSSR count). The largest absolute Gasteiger partial charge is 0.355 e. The van der Waals surface area contributed by atoms with Crippen molar-refractivity contribution in [2.24, 2.45) is 0 Å². The van der Waals surface area contributed by atoms with Crippen molar-refractivity contribution in [2.75, 3.05) is 23.3 Å². The summed E-state index contributed by atoms with van der Waals surface area (Å²) in [7, 11) is 0. The monoisotopic (exact) mass is 402 g/mol. The van der Waals surface area contributed by atoms with Crippen molar-refractivity contribution in [3.8, 4) is 5.82 Å². The SMILES string of the molecule is Cc1cccc([C@@H]2CC(=O)Nc3c2c(C)nn3-c2ccc(N3CCCCC3)nn2)c1. The lowest BCUT2D eigenvalue weighted by Crippen LogP contribution is -2.30. The number of piperidine rings is 1. The van der Waals surface area contributed by atoms with Crippen LogP contribution in [0.3, 0.4) is 0 Å². The van der Waals surface area contributed by atoms with Gasteiger partial charge in [0.15, 0.2) is 11.6 Å². The Morgan fingerprint density at radius 2 is 1.77 bits per heavy atom. The predicted octanol–water partition coefficient (Wildman–Crippen LogP) is 3.74. The first kappa shape index (κ1) is 18.8. The van der Waals surface area contributed by atoms with Crippen molar-refractivity contribution in [3.63, 3.8) is 0 Å². The summed E-state index contributed by atoms with van der Waals surface area (Å²) in [6, 6.07) is 12.3. The highest BCUT2D eigenvalue weighted by atomic mass is 16.1. The molecular weight excluding hydrogens is 376 g/mol. The third kappa shape index (κ3) is 3.34. The summed E-state index contributed by atoms with van der Waals surface area (Å²) < 4.78 is 1.72. The highest BCUT2D eigenvalue weighted by molar-refractivity contribution is 5.95. The second-order valence-electron chi connectivity index (χ2n) is 8.28. The summed E-state index contributed by atoms with van der Waals surface area (Å²) in [6.07, 6.45) is 4.09. The molecule has 1 fully saturated rings. The van der Waals surface area contributed by atoms with Gasteiger partial charge in [-0.3, -0.25) is 4.79 Å². The van der Waals surface area contributed by atoms with Crippen LogP contribution in [0.2, 0.25) is 0 Å². The number of hydrogen-bond acceptors (Lipinski definition) is 5. The Labute approximate surface area is 176 Å². The number of carbonyl (C=O) groups is 1. The number of rotatable bonds is 3. The summed E-state index contributed by atoms with van der Waals surface area (Å²) in [6.45, 7) is 6.12. The summed E-state index contributed by atoms with van der Waals surface area (Å²) in [4.78, 5) is 14.8. The lowest BCUT2D eigenvalue weighted by molar-refractivity contribution is -0.116. The van der Waals surface area contributed by atoms with E-state index >= 15 is 0 Å². The molecule has 1 N–H and O–H groups in total. The zero-order valence-electron chi connectivity index (χ0n) is 17.4. The number of amides is 1. The summed E-state index contributed by atoms with van der Waals surface area (Å²) in [5, 5.41) is 16.6. The second kappa shape index (κ2) is 7.55. The third-order valence-corrected chi connectivity index (χ3v) is 6.08. The maximum Gasteiger partial charge on any atom is 0.226 e. The van der Waals surface area contributed by atoms with E-state index in [4.69, 9.17) is 5.10 Å². The molecule has 0 spiro atoms. The van der Waals surface area contributed by atoms with Crippen LogP contribution in [0.25, 0.3) is 5.82 Å². The summed E-state index contributed by atoms with van der Waals surface area (Å²) >= 11 is 0. The molecule has 1 aromatic carbocycles. The first-order valence-electron chi connectivity index (χ1n) is 10.6. The summed E-state index contributed by atoms with van der Waals surface area (Å²) in [5.41, 5.74) is 4.28. The van der Waals surface area contributed by atoms with Crippen LogP contribution in [0.1, 0.15) is 54.0 Å². The first-order valence-corrected chi connectivity index (χ1v) is 10.6. The van der Waals surface area contributed by atoms with E-state index in [9.17, 15) is 4.79 Å². The highest BCUT2D eigenvalue weighted by Gasteiger charge is 2.33. The molecule has 0 aliphatic carbocycles. The van der Waals surface area contributed by atoms with Crippen LogP contribution in [-0.4, -0.2) is 39.0 Å². The average molecular weight is 403 g/mol. The van der Waals surface area contributed by atoms with Gasteiger partial charge < -0.3 is 10.2 Å². The maximum atomic E-state index is 12.6. The van der Waals surface area contributed by atoms with Gasteiger partial charge in [-0.25, -0.2) is 0 Å². The number of nitrogens with one attached hydrogen (secondary N) is 1. The van der Waals surface area contributed by atoms with Gasteiger partial charge in [-0.15, -0.1) is 10.2 Å². The number of benzene rings is 1. The van der Waals surface area contributed by atoms with Gasteiger partial charge >= 0.3 is 0 Å². The Hall–Kier alpha value is -3.22. The topological polar surface area (TPSA) is 75.9 Å². The van der Waals surface area contributed by atoms with Crippen LogP contribution in [0.15, 0.2) is 36.4 Å². The second-order valence-corrected chi connectivity index (χ2v) is 8.28. The van der Waals surface area contributed by atoms with Gasteiger partial charge in [-0.05, 0) is 50.8 Å². The van der Waals surface area contributed by atoms with Gasteiger partial charge in [0.05, 0.1) is 5.69 Å². The van der Waals surface area contributed by atoms with Crippen LogP contribution in [-0.2, 0) is 4.79 Å². The molecule has 7 heteroatoms. The molecule has 4 heterocycles. The van der Waals surface area contributed by atoms with E-state index in [1.807, 2.05) is 25.1 Å². The molecule has 0 saturated carbocycles. The molecular formula is C23H26N6O. The van der Waals surface area contributed by atoms with Gasteiger partial charge in [-0.2, -0.15) is 9.78 Å². The van der Waals surface area contributed by atoms with E-state index in [2.05, 4.69) is 45.5 Å². The fourth-order valence-corrected chi connectivity index (χ4v) is 4.61. The molecule has 154 valence electrons. The molecule has 1 amide bonds. The van der Waals surface area contributed by atoms with Crippen molar-refractivity contribution in [3.05, 3.63) is 58.8 Å². The Morgan fingerprint density at radius 3 is 2.50 bits per heavy atom. The van der Waals surface area contributed by atoms with Crippen LogP contribution in [0.5, 0.6) is 0 Å². The van der Waals surface area contributed by atoms with Gasteiger partial charge in [0, 0.05) is 31.0 Å². The van der Waals surface area contributed by atoms with Gasteiger partial charge in [-0.1, -0.05) is 29.8 Å². The lowest BCUT2D eigenvalue weighted by Gasteiger charge is -2.27. The molecule has 3 aromatic rings. The van der Waals surface area contributed by atoms with Gasteiger partial charge in [0.25, 0.3) is 0 Å². The Kier molecular flexibility index (Phi) is 4.73. The van der Waals surface area contributed by atoms with Crippen molar-refractivity contribution in [2.45, 2.75) is 45.4 Å². The number of aromatic nitrogens is 4. The number of aryl methyl sites for hydroxylation is 2. The maximum absolute atomic E-state index is 12.6. The third-order valence-electron chi connectivity index (χ3n) is 6.08. The van der Waals surface area contributed by atoms with E-state index in [1.165, 1.54) is 24.8 Å². The molecule has 1 atom stereocenters. The van der Waals surface area contributed by atoms with Crippen molar-refractivity contribution in [1.29, 1.82) is 0 Å². The minimum Gasteiger partial charge on any atom is -0.355 e. The van der Waals surface area contributed by atoms with Crippen molar-refractivity contribution < 1.29 is 4.79 Å². The van der Waals surface area contributed by atoms with E-state index in [1.54, 1.807) is 4.68 Å². The molecule has 0 bridgehead atoms. The number of fused-ring (bicyclic) bond motifs is 1. The normalized spacial score (nSPS) is 18.8. The number of anilines is 2. The molecule has 2 aliphatic rings. The lowest BCUT2D eigenvalue weighted by atomic mass is 9.85. The minimum atomic E-state index is -0.0111. The van der Waals surface area contributed by atoms with E-state index < -0.39 is 0 Å². The van der Waals surface area contributed by atoms with E-state index in [0.717, 1.165) is 35.7 Å². The molecule has 30 heavy (non-hydrogen) atoms. The molecule has 0 radical (unpaired) electrons. The van der Waals surface area contributed by atoms with Crippen molar-refractivity contribution >= 4 is 17.5 Å². The molecule has 1 saturated heterocycles.